The molecule has 3 aromatic rings. The Bertz CT molecular complexity index is 1160. The lowest BCUT2D eigenvalue weighted by Crippen LogP contribution is -2.28. The van der Waals surface area contributed by atoms with E-state index in [4.69, 9.17) is 26.8 Å². The Labute approximate surface area is 184 Å². The number of hydrogen-bond donors (Lipinski definition) is 1. The number of esters is 1. The lowest BCUT2D eigenvalue weighted by Gasteiger charge is -2.27. The van der Waals surface area contributed by atoms with Gasteiger partial charge in [-0.1, -0.05) is 41.9 Å². The van der Waals surface area contributed by atoms with Crippen molar-refractivity contribution in [3.05, 3.63) is 87.7 Å². The molecule has 0 saturated carbocycles. The molecule has 31 heavy (non-hydrogen) atoms. The summed E-state index contributed by atoms with van der Waals surface area (Å²) in [5.41, 5.74) is 8.85. The summed E-state index contributed by atoms with van der Waals surface area (Å²) < 4.78 is 9.96. The number of carbonyl (C=O) groups excluding carboxylic acids is 2. The maximum Gasteiger partial charge on any atom is 0.356 e. The third-order valence-electron chi connectivity index (χ3n) is 5.25. The van der Waals surface area contributed by atoms with Crippen LogP contribution < -0.4 is 10.5 Å². The number of benzene rings is 2. The van der Waals surface area contributed by atoms with Crippen molar-refractivity contribution in [2.24, 2.45) is 0 Å². The van der Waals surface area contributed by atoms with Gasteiger partial charge in [-0.3, -0.25) is 4.79 Å². The molecule has 2 N–H and O–H groups in total. The van der Waals surface area contributed by atoms with Gasteiger partial charge in [0.15, 0.2) is 5.69 Å². The maximum absolute atomic E-state index is 13.4. The minimum Gasteiger partial charge on any atom is -0.497 e. The standard InChI is InChI=1S/C23H20ClN3O4/c1-30-14-9-7-13(8-10-14)12-27-21(15-5-3-4-6-16(15)24)19-17(25)11-18(23(29)31-2)26-20(19)22(27)28/h3-11,21H,12H2,1-2H3,(H2,25,26). The average Bonchev–Trinajstić information content (AvgIpc) is 3.06. The van der Waals surface area contributed by atoms with E-state index in [2.05, 4.69) is 4.98 Å². The van der Waals surface area contributed by atoms with Gasteiger partial charge < -0.3 is 20.1 Å². The van der Waals surface area contributed by atoms with Gasteiger partial charge in [-0.25, -0.2) is 9.78 Å². The first-order valence-electron chi connectivity index (χ1n) is 9.51. The summed E-state index contributed by atoms with van der Waals surface area (Å²) in [6.45, 7) is 0.294. The first-order chi connectivity index (χ1) is 14.9. The zero-order valence-electron chi connectivity index (χ0n) is 17.0. The summed E-state index contributed by atoms with van der Waals surface area (Å²) in [4.78, 5) is 31.4. The molecule has 0 bridgehead atoms. The summed E-state index contributed by atoms with van der Waals surface area (Å²) in [5.74, 6) is -0.283. The molecule has 158 valence electrons. The molecule has 7 nitrogen and oxygen atoms in total. The van der Waals surface area contributed by atoms with Gasteiger partial charge in [0.05, 0.1) is 20.3 Å². The normalized spacial score (nSPS) is 15.0. The molecule has 0 radical (unpaired) electrons. The van der Waals surface area contributed by atoms with Crippen LogP contribution in [0.25, 0.3) is 0 Å². The van der Waals surface area contributed by atoms with Gasteiger partial charge in [-0.15, -0.1) is 0 Å². The van der Waals surface area contributed by atoms with Crippen molar-refractivity contribution in [2.75, 3.05) is 20.0 Å². The second-order valence-corrected chi connectivity index (χ2v) is 7.46. The van der Waals surface area contributed by atoms with E-state index in [0.29, 0.717) is 17.1 Å². The highest BCUT2D eigenvalue weighted by molar-refractivity contribution is 6.31. The number of amides is 1. The van der Waals surface area contributed by atoms with Gasteiger partial charge in [-0.05, 0) is 35.4 Å². The van der Waals surface area contributed by atoms with Gasteiger partial charge >= 0.3 is 5.97 Å². The van der Waals surface area contributed by atoms with E-state index < -0.39 is 12.0 Å². The Morgan fingerprint density at radius 2 is 1.87 bits per heavy atom. The highest BCUT2D eigenvalue weighted by Crippen LogP contribution is 2.44. The fourth-order valence-electron chi connectivity index (χ4n) is 3.75. The Kier molecular flexibility index (Phi) is 5.52. The molecular formula is C23H20ClN3O4. The van der Waals surface area contributed by atoms with E-state index in [1.165, 1.54) is 13.2 Å². The highest BCUT2D eigenvalue weighted by atomic mass is 35.5. The summed E-state index contributed by atoms with van der Waals surface area (Å²) in [6.07, 6.45) is 0. The van der Waals surface area contributed by atoms with Gasteiger partial charge in [0.1, 0.15) is 11.4 Å². The molecule has 8 heteroatoms. The molecule has 0 spiro atoms. The van der Waals surface area contributed by atoms with Gasteiger partial charge in [0.2, 0.25) is 0 Å². The summed E-state index contributed by atoms with van der Waals surface area (Å²) in [7, 11) is 2.84. The molecule has 0 saturated heterocycles. The smallest absolute Gasteiger partial charge is 0.356 e. The summed E-state index contributed by atoms with van der Waals surface area (Å²) in [5, 5.41) is 0.504. The number of hydrogen-bond acceptors (Lipinski definition) is 6. The molecular weight excluding hydrogens is 418 g/mol. The van der Waals surface area contributed by atoms with Gasteiger partial charge in [-0.2, -0.15) is 0 Å². The summed E-state index contributed by atoms with van der Waals surface area (Å²) >= 11 is 6.49. The SMILES string of the molecule is COC(=O)c1cc(N)c2c(n1)C(=O)N(Cc1ccc(OC)cc1)C2c1ccccc1Cl. The minimum atomic E-state index is -0.662. The minimum absolute atomic E-state index is 0.0173. The van der Waals surface area contributed by atoms with Crippen molar-refractivity contribution in [3.63, 3.8) is 0 Å². The molecule has 2 aromatic carbocycles. The third-order valence-corrected chi connectivity index (χ3v) is 5.59. The van der Waals surface area contributed by atoms with Gasteiger partial charge in [0, 0.05) is 22.8 Å². The van der Waals surface area contributed by atoms with Crippen LogP contribution >= 0.6 is 11.6 Å². The van der Waals surface area contributed by atoms with Crippen LogP contribution in [0, 0.1) is 0 Å². The Morgan fingerprint density at radius 1 is 1.16 bits per heavy atom. The number of methoxy groups -OCH3 is 2. The molecule has 1 atom stereocenters. The molecule has 4 rings (SSSR count). The molecule has 1 aromatic heterocycles. The average molecular weight is 438 g/mol. The van der Waals surface area contributed by atoms with Crippen molar-refractivity contribution >= 4 is 29.2 Å². The van der Waals surface area contributed by atoms with Crippen LogP contribution in [0.15, 0.2) is 54.6 Å². The Balaban J connectivity index is 1.84. The molecule has 1 unspecified atom stereocenters. The van der Waals surface area contributed by atoms with E-state index in [0.717, 1.165) is 16.9 Å². The molecule has 1 aliphatic heterocycles. The lowest BCUT2D eigenvalue weighted by molar-refractivity contribution is 0.0594. The predicted molar refractivity (Wildman–Crippen MR) is 116 cm³/mol. The number of fused-ring (bicyclic) bond motifs is 1. The van der Waals surface area contributed by atoms with Crippen LogP contribution in [0.1, 0.15) is 43.7 Å². The number of carbonyl (C=O) groups is 2. The molecule has 1 aliphatic rings. The largest absolute Gasteiger partial charge is 0.497 e. The predicted octanol–water partition coefficient (Wildman–Crippen LogP) is 3.86. The van der Waals surface area contributed by atoms with Crippen molar-refractivity contribution in [1.29, 1.82) is 0 Å². The second-order valence-electron chi connectivity index (χ2n) is 7.06. The topological polar surface area (TPSA) is 94.8 Å². The number of pyridine rings is 1. The van der Waals surface area contributed by atoms with Gasteiger partial charge in [0.25, 0.3) is 5.91 Å². The van der Waals surface area contributed by atoms with Crippen LogP contribution in [0.5, 0.6) is 5.75 Å². The zero-order valence-corrected chi connectivity index (χ0v) is 17.7. The lowest BCUT2D eigenvalue weighted by atomic mass is 9.97. The monoisotopic (exact) mass is 437 g/mol. The number of rotatable bonds is 5. The number of nitrogens with two attached hydrogens (primary N) is 1. The third kappa shape index (κ3) is 3.68. The van der Waals surface area contributed by atoms with Crippen LogP contribution in [0.3, 0.4) is 0 Å². The Morgan fingerprint density at radius 3 is 2.52 bits per heavy atom. The van der Waals surface area contributed by atoms with Crippen LogP contribution in [0.2, 0.25) is 5.02 Å². The number of halogens is 1. The van der Waals surface area contributed by atoms with E-state index in [-0.39, 0.29) is 23.0 Å². The maximum atomic E-state index is 13.4. The molecule has 0 fully saturated rings. The molecule has 0 aliphatic carbocycles. The van der Waals surface area contributed by atoms with Crippen molar-refractivity contribution < 1.29 is 19.1 Å². The number of anilines is 1. The fourth-order valence-corrected chi connectivity index (χ4v) is 3.99. The number of nitrogens with zero attached hydrogens (tertiary/aromatic N) is 2. The van der Waals surface area contributed by atoms with Crippen molar-refractivity contribution in [3.8, 4) is 5.75 Å². The second kappa shape index (κ2) is 8.28. The van der Waals surface area contributed by atoms with Crippen LogP contribution in [-0.4, -0.2) is 36.0 Å². The van der Waals surface area contributed by atoms with Crippen molar-refractivity contribution in [1.82, 2.24) is 9.88 Å². The highest BCUT2D eigenvalue weighted by Gasteiger charge is 2.42. The number of aromatic nitrogens is 1. The Hall–Kier alpha value is -3.58. The zero-order chi connectivity index (χ0) is 22.1. The van der Waals surface area contributed by atoms with Crippen LogP contribution in [-0.2, 0) is 11.3 Å². The first-order valence-corrected chi connectivity index (χ1v) is 9.89. The first kappa shape index (κ1) is 20.7. The van der Waals surface area contributed by atoms with E-state index in [1.54, 1.807) is 18.1 Å². The molecule has 2 heterocycles. The summed E-state index contributed by atoms with van der Waals surface area (Å²) in [6, 6.07) is 15.6. The molecule has 1 amide bonds. The fraction of sp³-hybridized carbons (Fsp3) is 0.174. The van der Waals surface area contributed by atoms with E-state index in [1.807, 2.05) is 42.5 Å². The van der Waals surface area contributed by atoms with Crippen molar-refractivity contribution in [2.45, 2.75) is 12.6 Å². The number of ether oxygens (including phenoxy) is 2. The quantitative estimate of drug-likeness (QED) is 0.609. The van der Waals surface area contributed by atoms with Crippen LogP contribution in [0.4, 0.5) is 5.69 Å². The number of nitrogen functional groups attached to an aromatic ring is 1. The van der Waals surface area contributed by atoms with E-state index >= 15 is 0 Å². The van der Waals surface area contributed by atoms with E-state index in [9.17, 15) is 9.59 Å².